The number of rotatable bonds is 6. The van der Waals surface area contributed by atoms with Crippen LogP contribution in [0, 0.1) is 0 Å². The van der Waals surface area contributed by atoms with Crippen molar-refractivity contribution in [1.29, 1.82) is 0 Å². The number of nitrogens with one attached hydrogen (secondary N) is 1. The van der Waals surface area contributed by atoms with E-state index in [-0.39, 0.29) is 12.8 Å². The van der Waals surface area contributed by atoms with Crippen LogP contribution in [0.1, 0.15) is 26.2 Å². The van der Waals surface area contributed by atoms with Crippen molar-refractivity contribution in [3.05, 3.63) is 0 Å². The average molecular weight is 195 g/mol. The van der Waals surface area contributed by atoms with Crippen molar-refractivity contribution in [3.63, 3.8) is 0 Å². The largest absolute Gasteiger partial charge is 0.340 e. The predicted molar refractivity (Wildman–Crippen MR) is 44.1 cm³/mol. The highest BCUT2D eigenvalue weighted by atomic mass is 32.2. The van der Waals surface area contributed by atoms with Crippen LogP contribution in [-0.2, 0) is 14.9 Å². The van der Waals surface area contributed by atoms with Gasteiger partial charge in [0.15, 0.2) is 5.37 Å². The lowest BCUT2D eigenvalue weighted by Gasteiger charge is -2.11. The molecule has 1 amide bonds. The Morgan fingerprint density at radius 2 is 2.17 bits per heavy atom. The van der Waals surface area contributed by atoms with Crippen LogP contribution in [-0.4, -0.2) is 24.8 Å². The Morgan fingerprint density at radius 3 is 2.50 bits per heavy atom. The van der Waals surface area contributed by atoms with Gasteiger partial charge in [-0.2, -0.15) is 8.42 Å². The van der Waals surface area contributed by atoms with Crippen LogP contribution in [0.15, 0.2) is 0 Å². The molecule has 0 aliphatic carbocycles. The van der Waals surface area contributed by atoms with Crippen molar-refractivity contribution in [2.45, 2.75) is 31.6 Å². The Bertz CT molecular complexity index is 224. The summed E-state index contributed by atoms with van der Waals surface area (Å²) in [5.74, 6) is 0. The van der Waals surface area contributed by atoms with Crippen molar-refractivity contribution in [3.8, 4) is 0 Å². The van der Waals surface area contributed by atoms with Crippen LogP contribution in [0.3, 0.4) is 0 Å². The molecule has 12 heavy (non-hydrogen) atoms. The topological polar surface area (TPSA) is 83.5 Å². The molecule has 6 heteroatoms. The fourth-order valence-electron chi connectivity index (χ4n) is 0.784. The lowest BCUT2D eigenvalue weighted by atomic mass is 10.2. The quantitative estimate of drug-likeness (QED) is 0.466. The van der Waals surface area contributed by atoms with E-state index in [9.17, 15) is 13.2 Å². The van der Waals surface area contributed by atoms with Crippen LogP contribution in [0.4, 0.5) is 0 Å². The molecule has 0 saturated heterocycles. The Balaban J connectivity index is 4.14. The Hall–Kier alpha value is -0.620. The predicted octanol–water partition coefficient (Wildman–Crippen LogP) is 0.137. The molecule has 0 fully saturated rings. The van der Waals surface area contributed by atoms with E-state index in [1.165, 1.54) is 0 Å². The maximum Gasteiger partial charge on any atom is 0.286 e. The third kappa shape index (κ3) is 4.30. The zero-order valence-corrected chi connectivity index (χ0v) is 7.67. The molecule has 0 aromatic carbocycles. The van der Waals surface area contributed by atoms with Gasteiger partial charge in [0.2, 0.25) is 6.41 Å². The number of hydrogen-bond acceptors (Lipinski definition) is 3. The van der Waals surface area contributed by atoms with Crippen molar-refractivity contribution in [2.75, 3.05) is 0 Å². The molecule has 0 heterocycles. The number of hydrogen-bond donors (Lipinski definition) is 2. The van der Waals surface area contributed by atoms with Crippen LogP contribution in [0.25, 0.3) is 0 Å². The summed E-state index contributed by atoms with van der Waals surface area (Å²) >= 11 is 0. The molecule has 0 bridgehead atoms. The summed E-state index contributed by atoms with van der Waals surface area (Å²) in [7, 11) is -4.14. The second-order valence-electron chi connectivity index (χ2n) is 2.43. The Labute approximate surface area is 71.9 Å². The van der Waals surface area contributed by atoms with Crippen LogP contribution < -0.4 is 5.32 Å². The third-order valence-corrected chi connectivity index (χ3v) is 2.52. The molecule has 0 radical (unpaired) electrons. The molecule has 0 aliphatic rings. The highest BCUT2D eigenvalue weighted by Crippen LogP contribution is 2.05. The Morgan fingerprint density at radius 1 is 1.58 bits per heavy atom. The van der Waals surface area contributed by atoms with Gasteiger partial charge in [-0.15, -0.1) is 0 Å². The van der Waals surface area contributed by atoms with Gasteiger partial charge < -0.3 is 5.32 Å². The summed E-state index contributed by atoms with van der Waals surface area (Å²) < 4.78 is 29.7. The standard InChI is InChI=1S/C6H13NO4S/c1-2-3-4-6(7-5-8)12(9,10)11/h5-6H,2-4H2,1H3,(H,7,8)(H,9,10,11). The zero-order valence-electron chi connectivity index (χ0n) is 6.86. The van der Waals surface area contributed by atoms with Gasteiger partial charge in [-0.1, -0.05) is 19.8 Å². The molecule has 5 nitrogen and oxygen atoms in total. The zero-order chi connectivity index (χ0) is 9.61. The first-order valence-corrected chi connectivity index (χ1v) is 5.18. The van der Waals surface area contributed by atoms with Crippen LogP contribution in [0.2, 0.25) is 0 Å². The molecule has 2 N–H and O–H groups in total. The second kappa shape index (κ2) is 5.10. The first kappa shape index (κ1) is 11.4. The molecule has 0 aromatic heterocycles. The van der Waals surface area contributed by atoms with Gasteiger partial charge in [0.1, 0.15) is 0 Å². The normalized spacial score (nSPS) is 13.8. The van der Waals surface area contributed by atoms with Crippen molar-refractivity contribution < 1.29 is 17.8 Å². The lowest BCUT2D eigenvalue weighted by molar-refractivity contribution is -0.109. The van der Waals surface area contributed by atoms with Gasteiger partial charge in [-0.25, -0.2) is 0 Å². The van der Waals surface area contributed by atoms with Gasteiger partial charge in [0.05, 0.1) is 0 Å². The summed E-state index contributed by atoms with van der Waals surface area (Å²) in [6.07, 6.45) is 1.97. The van der Waals surface area contributed by atoms with E-state index in [4.69, 9.17) is 4.55 Å². The summed E-state index contributed by atoms with van der Waals surface area (Å²) in [5, 5.41) is 0.881. The molecule has 0 aliphatic heterocycles. The fourth-order valence-corrected chi connectivity index (χ4v) is 1.48. The fraction of sp³-hybridized carbons (Fsp3) is 0.833. The number of unbranched alkanes of at least 4 members (excludes halogenated alkanes) is 1. The molecule has 0 rings (SSSR count). The van der Waals surface area contributed by atoms with E-state index < -0.39 is 15.5 Å². The van der Waals surface area contributed by atoms with Gasteiger partial charge in [-0.05, 0) is 6.42 Å². The van der Waals surface area contributed by atoms with E-state index in [1.54, 1.807) is 0 Å². The van der Waals surface area contributed by atoms with E-state index in [1.807, 2.05) is 12.2 Å². The number of carbonyl (C=O) groups is 1. The Kier molecular flexibility index (Phi) is 4.84. The van der Waals surface area contributed by atoms with E-state index in [0.717, 1.165) is 6.42 Å². The van der Waals surface area contributed by atoms with E-state index >= 15 is 0 Å². The van der Waals surface area contributed by atoms with Gasteiger partial charge >= 0.3 is 0 Å². The third-order valence-electron chi connectivity index (χ3n) is 1.43. The minimum atomic E-state index is -4.14. The number of amides is 1. The number of carbonyl (C=O) groups excluding carboxylic acids is 1. The molecular formula is C6H13NO4S. The minimum Gasteiger partial charge on any atom is -0.340 e. The second-order valence-corrected chi connectivity index (χ2v) is 4.03. The van der Waals surface area contributed by atoms with Crippen LogP contribution in [0.5, 0.6) is 0 Å². The van der Waals surface area contributed by atoms with Crippen LogP contribution >= 0.6 is 0 Å². The monoisotopic (exact) mass is 195 g/mol. The smallest absolute Gasteiger partial charge is 0.286 e. The summed E-state index contributed by atoms with van der Waals surface area (Å²) in [5.41, 5.74) is 0. The minimum absolute atomic E-state index is 0.244. The summed E-state index contributed by atoms with van der Waals surface area (Å²) in [6, 6.07) is 0. The summed E-state index contributed by atoms with van der Waals surface area (Å²) in [6.45, 7) is 1.89. The first-order valence-electron chi connectivity index (χ1n) is 3.68. The van der Waals surface area contributed by atoms with E-state index in [2.05, 4.69) is 0 Å². The molecule has 1 unspecified atom stereocenters. The van der Waals surface area contributed by atoms with Crippen molar-refractivity contribution in [1.82, 2.24) is 5.32 Å². The van der Waals surface area contributed by atoms with Crippen molar-refractivity contribution in [2.24, 2.45) is 0 Å². The SMILES string of the molecule is CCCCC(NC=O)S(=O)(=O)O. The van der Waals surface area contributed by atoms with Gasteiger partial charge in [0, 0.05) is 0 Å². The lowest BCUT2D eigenvalue weighted by Crippen LogP contribution is -2.35. The molecular weight excluding hydrogens is 182 g/mol. The molecule has 0 saturated carbocycles. The highest BCUT2D eigenvalue weighted by molar-refractivity contribution is 7.86. The maximum absolute atomic E-state index is 10.6. The maximum atomic E-state index is 10.6. The summed E-state index contributed by atoms with van der Waals surface area (Å²) in [4.78, 5) is 9.94. The average Bonchev–Trinajstić information content (AvgIpc) is 1.95. The van der Waals surface area contributed by atoms with Crippen molar-refractivity contribution >= 4 is 16.5 Å². The molecule has 72 valence electrons. The highest BCUT2D eigenvalue weighted by Gasteiger charge is 2.20. The van der Waals surface area contributed by atoms with E-state index in [0.29, 0.717) is 6.42 Å². The first-order chi connectivity index (χ1) is 5.52. The molecule has 0 spiro atoms. The van der Waals surface area contributed by atoms with Gasteiger partial charge in [-0.3, -0.25) is 9.35 Å². The molecule has 0 aromatic rings. The van der Waals surface area contributed by atoms with Gasteiger partial charge in [0.25, 0.3) is 10.1 Å². The molecule has 1 atom stereocenters.